The number of benzene rings is 2. The first-order valence-electron chi connectivity index (χ1n) is 11.7. The van der Waals surface area contributed by atoms with Crippen molar-refractivity contribution in [1.29, 1.82) is 0 Å². The summed E-state index contributed by atoms with van der Waals surface area (Å²) in [5.74, 6) is -2.18. The van der Waals surface area contributed by atoms with Crippen LogP contribution >= 0.6 is 0 Å². The van der Waals surface area contributed by atoms with E-state index < -0.39 is 47.6 Å². The standard InChI is InChI=1S/C26H25F6N5O2/c1-14-35-22(17-11-34-37(23(17)36-14)20-7-5-16(28)10-19(20)29)33-13-25(38,26(30,31)32)12-24(2,3)18-9-15(27)6-8-21(18)39-4/h5-11,38H,12-13H2,1-4H3,(H,33,35,36)/t25-/m0/s1. The lowest BCUT2D eigenvalue weighted by atomic mass is 9.74. The van der Waals surface area contributed by atoms with Crippen LogP contribution in [0.1, 0.15) is 31.7 Å². The fraction of sp³-hybridized carbons (Fsp3) is 0.346. The van der Waals surface area contributed by atoms with Crippen LogP contribution in [0.15, 0.2) is 42.6 Å². The number of rotatable bonds is 8. The van der Waals surface area contributed by atoms with Crippen molar-refractivity contribution in [2.75, 3.05) is 19.0 Å². The molecule has 0 aliphatic carbocycles. The zero-order chi connectivity index (χ0) is 28.8. The highest BCUT2D eigenvalue weighted by atomic mass is 19.4. The number of hydrogen-bond donors (Lipinski definition) is 2. The minimum Gasteiger partial charge on any atom is -0.496 e. The summed E-state index contributed by atoms with van der Waals surface area (Å²) in [6.07, 6.45) is -4.74. The Bertz CT molecular complexity index is 1520. The largest absolute Gasteiger partial charge is 0.496 e. The number of methoxy groups -OCH3 is 1. The molecule has 0 spiro atoms. The third-order valence-electron chi connectivity index (χ3n) is 6.38. The molecule has 208 valence electrons. The van der Waals surface area contributed by atoms with E-state index in [2.05, 4.69) is 20.4 Å². The van der Waals surface area contributed by atoms with E-state index in [1.807, 2.05) is 0 Å². The van der Waals surface area contributed by atoms with E-state index in [1.54, 1.807) is 0 Å². The van der Waals surface area contributed by atoms with Crippen molar-refractivity contribution in [2.45, 2.75) is 44.4 Å². The van der Waals surface area contributed by atoms with Gasteiger partial charge in [-0.05, 0) is 49.1 Å². The fourth-order valence-corrected chi connectivity index (χ4v) is 4.51. The quantitative estimate of drug-likeness (QED) is 0.276. The van der Waals surface area contributed by atoms with Gasteiger partial charge in [-0.2, -0.15) is 18.3 Å². The third kappa shape index (κ3) is 5.49. The summed E-state index contributed by atoms with van der Waals surface area (Å²) in [6.45, 7) is 3.32. The minimum absolute atomic E-state index is 0.0517. The van der Waals surface area contributed by atoms with Crippen LogP contribution in [0.5, 0.6) is 5.75 Å². The van der Waals surface area contributed by atoms with Crippen molar-refractivity contribution in [2.24, 2.45) is 0 Å². The molecule has 4 rings (SSSR count). The lowest BCUT2D eigenvalue weighted by Gasteiger charge is -2.38. The van der Waals surface area contributed by atoms with Gasteiger partial charge in [0.1, 0.15) is 34.7 Å². The minimum atomic E-state index is -5.10. The van der Waals surface area contributed by atoms with E-state index in [4.69, 9.17) is 4.74 Å². The van der Waals surface area contributed by atoms with Crippen LogP contribution in [-0.4, -0.2) is 50.3 Å². The van der Waals surface area contributed by atoms with E-state index in [0.29, 0.717) is 6.07 Å². The van der Waals surface area contributed by atoms with Gasteiger partial charge in [0.2, 0.25) is 0 Å². The van der Waals surface area contributed by atoms with Gasteiger partial charge in [-0.3, -0.25) is 0 Å². The summed E-state index contributed by atoms with van der Waals surface area (Å²) in [5.41, 5.74) is -4.61. The predicted molar refractivity (Wildman–Crippen MR) is 131 cm³/mol. The fourth-order valence-electron chi connectivity index (χ4n) is 4.51. The number of aliphatic hydroxyl groups is 1. The molecule has 0 unspecified atom stereocenters. The topological polar surface area (TPSA) is 85.1 Å². The lowest BCUT2D eigenvalue weighted by Crippen LogP contribution is -2.53. The number of alkyl halides is 3. The molecule has 0 bridgehead atoms. The molecule has 2 N–H and O–H groups in total. The maximum absolute atomic E-state index is 14.4. The van der Waals surface area contributed by atoms with E-state index in [-0.39, 0.29) is 39.7 Å². The molecular weight excluding hydrogens is 528 g/mol. The molecule has 2 heterocycles. The van der Waals surface area contributed by atoms with Crippen LogP contribution in [0.4, 0.5) is 32.2 Å². The monoisotopic (exact) mass is 553 g/mol. The summed E-state index contributed by atoms with van der Waals surface area (Å²) in [5, 5.41) is 17.7. The molecule has 39 heavy (non-hydrogen) atoms. The highest BCUT2D eigenvalue weighted by molar-refractivity contribution is 5.87. The van der Waals surface area contributed by atoms with Gasteiger partial charge in [0.15, 0.2) is 17.1 Å². The molecule has 4 aromatic rings. The van der Waals surface area contributed by atoms with Gasteiger partial charge in [-0.15, -0.1) is 0 Å². The summed E-state index contributed by atoms with van der Waals surface area (Å²) < 4.78 is 90.9. The molecule has 7 nitrogen and oxygen atoms in total. The average molecular weight is 554 g/mol. The van der Waals surface area contributed by atoms with Crippen LogP contribution in [0.2, 0.25) is 0 Å². The first-order chi connectivity index (χ1) is 18.1. The van der Waals surface area contributed by atoms with Crippen molar-refractivity contribution in [3.8, 4) is 11.4 Å². The van der Waals surface area contributed by atoms with Gasteiger partial charge in [0, 0.05) is 11.6 Å². The van der Waals surface area contributed by atoms with Gasteiger partial charge >= 0.3 is 6.18 Å². The Kier molecular flexibility index (Phi) is 7.23. The molecule has 13 heteroatoms. The maximum Gasteiger partial charge on any atom is 0.418 e. The first-order valence-corrected chi connectivity index (χ1v) is 11.7. The Morgan fingerprint density at radius 1 is 1.00 bits per heavy atom. The summed E-state index contributed by atoms with van der Waals surface area (Å²) in [7, 11) is 1.31. The number of hydrogen-bond acceptors (Lipinski definition) is 6. The molecule has 2 aromatic carbocycles. The smallest absolute Gasteiger partial charge is 0.418 e. The summed E-state index contributed by atoms with van der Waals surface area (Å²) >= 11 is 0. The third-order valence-corrected chi connectivity index (χ3v) is 6.38. The maximum atomic E-state index is 14.4. The SMILES string of the molecule is COc1ccc(F)cc1C(C)(C)C[C@](O)(CNc1nc(C)nc2c1cnn2-c1ccc(F)cc1F)C(F)(F)F. The van der Waals surface area contributed by atoms with Gasteiger partial charge in [-0.25, -0.2) is 27.8 Å². The Balaban J connectivity index is 1.70. The van der Waals surface area contributed by atoms with Crippen LogP contribution in [0.25, 0.3) is 16.7 Å². The van der Waals surface area contributed by atoms with Crippen LogP contribution < -0.4 is 10.1 Å². The molecule has 0 radical (unpaired) electrons. The molecule has 0 fully saturated rings. The van der Waals surface area contributed by atoms with E-state index in [0.717, 1.165) is 28.9 Å². The Morgan fingerprint density at radius 2 is 1.67 bits per heavy atom. The van der Waals surface area contributed by atoms with E-state index in [1.165, 1.54) is 40.1 Å². The van der Waals surface area contributed by atoms with Crippen LogP contribution in [0, 0.1) is 24.4 Å². The van der Waals surface area contributed by atoms with Crippen LogP contribution in [-0.2, 0) is 5.41 Å². The first kappa shape index (κ1) is 28.1. The highest BCUT2D eigenvalue weighted by Gasteiger charge is 2.56. The molecule has 0 saturated carbocycles. The van der Waals surface area contributed by atoms with Gasteiger partial charge in [0.25, 0.3) is 0 Å². The molecular formula is C26H25F6N5O2. The van der Waals surface area contributed by atoms with E-state index >= 15 is 0 Å². The van der Waals surface area contributed by atoms with Gasteiger partial charge in [-0.1, -0.05) is 13.8 Å². The number of nitrogens with zero attached hydrogens (tertiary/aromatic N) is 4. The lowest BCUT2D eigenvalue weighted by molar-refractivity contribution is -0.260. The molecule has 0 aliphatic heterocycles. The molecule has 0 saturated heterocycles. The number of aryl methyl sites for hydroxylation is 1. The highest BCUT2D eigenvalue weighted by Crippen LogP contribution is 2.44. The number of nitrogens with one attached hydrogen (secondary N) is 1. The molecule has 2 aromatic heterocycles. The second kappa shape index (κ2) is 10.0. The van der Waals surface area contributed by atoms with Gasteiger partial charge in [0.05, 0.1) is 25.2 Å². The summed E-state index contributed by atoms with van der Waals surface area (Å²) in [4.78, 5) is 8.36. The number of aromatic nitrogens is 4. The summed E-state index contributed by atoms with van der Waals surface area (Å²) in [6, 6.07) is 6.33. The van der Waals surface area contributed by atoms with Crippen molar-refractivity contribution in [3.05, 3.63) is 71.4 Å². The number of fused-ring (bicyclic) bond motifs is 1. The number of anilines is 1. The zero-order valence-corrected chi connectivity index (χ0v) is 21.4. The second-order valence-electron chi connectivity index (χ2n) is 9.80. The molecule has 0 aliphatic rings. The zero-order valence-electron chi connectivity index (χ0n) is 21.4. The van der Waals surface area contributed by atoms with Crippen molar-refractivity contribution < 1.29 is 36.2 Å². The molecule has 0 amide bonds. The second-order valence-corrected chi connectivity index (χ2v) is 9.80. The average Bonchev–Trinajstić information content (AvgIpc) is 3.25. The Morgan fingerprint density at radius 3 is 2.31 bits per heavy atom. The Labute approximate surface area is 219 Å². The number of halogens is 6. The van der Waals surface area contributed by atoms with Crippen molar-refractivity contribution in [3.63, 3.8) is 0 Å². The Hall–Kier alpha value is -3.87. The number of ether oxygens (including phenoxy) is 1. The van der Waals surface area contributed by atoms with Crippen molar-refractivity contribution in [1.82, 2.24) is 19.7 Å². The predicted octanol–water partition coefficient (Wildman–Crippen LogP) is 5.62. The van der Waals surface area contributed by atoms with Crippen LogP contribution in [0.3, 0.4) is 0 Å². The van der Waals surface area contributed by atoms with E-state index in [9.17, 15) is 31.4 Å². The van der Waals surface area contributed by atoms with Crippen molar-refractivity contribution >= 4 is 16.9 Å². The molecule has 1 atom stereocenters. The normalized spacial score (nSPS) is 13.9. The van der Waals surface area contributed by atoms with Gasteiger partial charge < -0.3 is 15.2 Å².